The Morgan fingerprint density at radius 3 is 2.58 bits per heavy atom. The minimum atomic E-state index is 0.487. The van der Waals surface area contributed by atoms with Gasteiger partial charge in [0.15, 0.2) is 0 Å². The molecule has 62 valence electrons. The summed E-state index contributed by atoms with van der Waals surface area (Å²) in [5.41, 5.74) is 2.02. The van der Waals surface area contributed by atoms with Gasteiger partial charge in [-0.05, 0) is 24.9 Å². The average molecular weight is 159 g/mol. The summed E-state index contributed by atoms with van der Waals surface area (Å²) >= 11 is 0. The van der Waals surface area contributed by atoms with Crippen molar-refractivity contribution in [1.82, 2.24) is 4.90 Å². The Labute approximate surface area is 73.0 Å². The Kier molecular flexibility index (Phi) is 1.17. The summed E-state index contributed by atoms with van der Waals surface area (Å²) in [5.74, 6) is 0. The third-order valence-corrected chi connectivity index (χ3v) is 3.28. The smallest absolute Gasteiger partial charge is 0.0590 e. The Morgan fingerprint density at radius 2 is 2.00 bits per heavy atom. The summed E-state index contributed by atoms with van der Waals surface area (Å²) in [5, 5.41) is 0. The number of fused-ring (bicyclic) bond motifs is 1. The molecule has 3 rings (SSSR count). The molecule has 0 saturated carbocycles. The van der Waals surface area contributed by atoms with Crippen LogP contribution < -0.4 is 0 Å². The minimum absolute atomic E-state index is 0.487. The molecule has 2 atom stereocenters. The predicted molar refractivity (Wildman–Crippen MR) is 48.9 cm³/mol. The van der Waals surface area contributed by atoms with E-state index in [0.29, 0.717) is 5.54 Å². The highest BCUT2D eigenvalue weighted by Gasteiger charge is 2.55. The van der Waals surface area contributed by atoms with Crippen LogP contribution in [0.3, 0.4) is 0 Å². The lowest BCUT2D eigenvalue weighted by atomic mass is 9.96. The van der Waals surface area contributed by atoms with Crippen molar-refractivity contribution in [2.75, 3.05) is 13.1 Å². The van der Waals surface area contributed by atoms with Crippen LogP contribution >= 0.6 is 0 Å². The monoisotopic (exact) mass is 159 g/mol. The zero-order valence-corrected chi connectivity index (χ0v) is 7.16. The lowest BCUT2D eigenvalue weighted by Gasteiger charge is -2.09. The molecule has 0 N–H and O–H groups in total. The molecule has 1 heteroatoms. The molecule has 1 aromatic rings. The molecule has 0 aliphatic carbocycles. The second-order valence-electron chi connectivity index (χ2n) is 3.92. The summed E-state index contributed by atoms with van der Waals surface area (Å²) in [6.45, 7) is 2.62. The fourth-order valence-corrected chi connectivity index (χ4v) is 2.54. The van der Waals surface area contributed by atoms with Crippen LogP contribution in [0.2, 0.25) is 0 Å². The van der Waals surface area contributed by atoms with Crippen molar-refractivity contribution < 1.29 is 0 Å². The number of benzene rings is 1. The van der Waals surface area contributed by atoms with Crippen LogP contribution in [0.15, 0.2) is 30.3 Å². The van der Waals surface area contributed by atoms with Crippen molar-refractivity contribution in [3.8, 4) is 0 Å². The van der Waals surface area contributed by atoms with Crippen LogP contribution in [0.5, 0.6) is 0 Å². The zero-order valence-electron chi connectivity index (χ0n) is 7.16. The molecule has 2 aliphatic rings. The van der Waals surface area contributed by atoms with Crippen LogP contribution in [0.1, 0.15) is 18.4 Å². The highest BCUT2D eigenvalue weighted by atomic mass is 15.4. The number of nitrogens with zero attached hydrogens (tertiary/aromatic N) is 1. The first kappa shape index (κ1) is 6.67. The molecule has 0 spiro atoms. The van der Waals surface area contributed by atoms with E-state index in [1.807, 2.05) is 0 Å². The van der Waals surface area contributed by atoms with Gasteiger partial charge in [-0.2, -0.15) is 0 Å². The molecule has 12 heavy (non-hydrogen) atoms. The van der Waals surface area contributed by atoms with E-state index in [1.54, 1.807) is 0 Å². The van der Waals surface area contributed by atoms with Crippen molar-refractivity contribution in [3.63, 3.8) is 0 Å². The van der Waals surface area contributed by atoms with E-state index in [9.17, 15) is 0 Å². The van der Waals surface area contributed by atoms with E-state index in [1.165, 1.54) is 31.5 Å². The summed E-state index contributed by atoms with van der Waals surface area (Å²) in [6, 6.07) is 10.9. The topological polar surface area (TPSA) is 3.01 Å². The van der Waals surface area contributed by atoms with Crippen molar-refractivity contribution >= 4 is 0 Å². The van der Waals surface area contributed by atoms with E-state index in [2.05, 4.69) is 35.2 Å². The molecule has 0 bridgehead atoms. The predicted octanol–water partition coefficient (Wildman–Crippen LogP) is 1.99. The van der Waals surface area contributed by atoms with Crippen LogP contribution in [-0.4, -0.2) is 18.0 Å². The first-order chi connectivity index (χ1) is 5.92. The van der Waals surface area contributed by atoms with Gasteiger partial charge < -0.3 is 0 Å². The maximum atomic E-state index is 2.59. The standard InChI is InChI=1S/C11H13N/c1-2-5-10(6-3-1)11-7-4-8-12(11)9-11/h1-3,5-6H,4,7-9H2/t11-,12?/m0/s1. The van der Waals surface area contributed by atoms with E-state index < -0.39 is 0 Å². The van der Waals surface area contributed by atoms with E-state index in [0.717, 1.165) is 0 Å². The molecular weight excluding hydrogens is 146 g/mol. The summed E-state index contributed by atoms with van der Waals surface area (Å²) in [7, 11) is 0. The highest BCUT2D eigenvalue weighted by molar-refractivity contribution is 5.32. The number of hydrogen-bond acceptors (Lipinski definition) is 1. The Morgan fingerprint density at radius 1 is 1.17 bits per heavy atom. The summed E-state index contributed by atoms with van der Waals surface area (Å²) in [6.07, 6.45) is 2.76. The number of piperidine rings is 1. The highest BCUT2D eigenvalue weighted by Crippen LogP contribution is 2.50. The van der Waals surface area contributed by atoms with Gasteiger partial charge in [0, 0.05) is 6.54 Å². The Bertz CT molecular complexity index is 293. The van der Waals surface area contributed by atoms with Gasteiger partial charge in [-0.1, -0.05) is 30.3 Å². The van der Waals surface area contributed by atoms with Gasteiger partial charge in [-0.15, -0.1) is 0 Å². The summed E-state index contributed by atoms with van der Waals surface area (Å²) in [4.78, 5) is 2.59. The molecule has 0 aromatic heterocycles. The Hall–Kier alpha value is -0.820. The van der Waals surface area contributed by atoms with Crippen molar-refractivity contribution in [1.29, 1.82) is 0 Å². The molecular formula is C11H13N. The molecule has 0 amide bonds. The van der Waals surface area contributed by atoms with Crippen LogP contribution in [0.4, 0.5) is 0 Å². The number of hydrogen-bond donors (Lipinski definition) is 0. The van der Waals surface area contributed by atoms with Crippen molar-refractivity contribution in [3.05, 3.63) is 35.9 Å². The average Bonchev–Trinajstić information content (AvgIpc) is 2.72. The van der Waals surface area contributed by atoms with E-state index in [-0.39, 0.29) is 0 Å². The second-order valence-corrected chi connectivity index (χ2v) is 3.92. The molecule has 2 saturated heterocycles. The maximum Gasteiger partial charge on any atom is 0.0590 e. The maximum absolute atomic E-state index is 2.59. The van der Waals surface area contributed by atoms with Crippen molar-refractivity contribution in [2.45, 2.75) is 18.4 Å². The van der Waals surface area contributed by atoms with Gasteiger partial charge in [0.2, 0.25) is 0 Å². The number of rotatable bonds is 1. The first-order valence-corrected chi connectivity index (χ1v) is 4.72. The Balaban J connectivity index is 2.00. The fourth-order valence-electron chi connectivity index (χ4n) is 2.54. The second kappa shape index (κ2) is 2.11. The third kappa shape index (κ3) is 0.721. The molecule has 1 nitrogen and oxygen atoms in total. The van der Waals surface area contributed by atoms with E-state index >= 15 is 0 Å². The quantitative estimate of drug-likeness (QED) is 0.566. The lowest BCUT2D eigenvalue weighted by molar-refractivity contribution is 0.512. The normalized spacial score (nSPS) is 37.8. The summed E-state index contributed by atoms with van der Waals surface area (Å²) < 4.78 is 0. The van der Waals surface area contributed by atoms with Gasteiger partial charge >= 0.3 is 0 Å². The van der Waals surface area contributed by atoms with Gasteiger partial charge in [-0.3, -0.25) is 4.90 Å². The largest absolute Gasteiger partial charge is 0.290 e. The third-order valence-electron chi connectivity index (χ3n) is 3.28. The first-order valence-electron chi connectivity index (χ1n) is 4.72. The van der Waals surface area contributed by atoms with Gasteiger partial charge in [-0.25, -0.2) is 0 Å². The van der Waals surface area contributed by atoms with Gasteiger partial charge in [0.25, 0.3) is 0 Å². The lowest BCUT2D eigenvalue weighted by Crippen LogP contribution is -2.08. The molecule has 1 aromatic carbocycles. The molecule has 1 unspecified atom stereocenters. The molecule has 2 heterocycles. The molecule has 0 radical (unpaired) electrons. The fraction of sp³-hybridized carbons (Fsp3) is 0.455. The van der Waals surface area contributed by atoms with Gasteiger partial charge in [0.1, 0.15) is 0 Å². The SMILES string of the molecule is c1ccc([C@@]23CCCN2C3)cc1. The minimum Gasteiger partial charge on any atom is -0.290 e. The molecule has 2 fully saturated rings. The van der Waals surface area contributed by atoms with Crippen LogP contribution in [0.25, 0.3) is 0 Å². The van der Waals surface area contributed by atoms with Crippen molar-refractivity contribution in [2.24, 2.45) is 0 Å². The van der Waals surface area contributed by atoms with E-state index in [4.69, 9.17) is 0 Å². The van der Waals surface area contributed by atoms with Crippen LogP contribution in [0, 0.1) is 0 Å². The van der Waals surface area contributed by atoms with Crippen LogP contribution in [-0.2, 0) is 5.54 Å². The zero-order chi connectivity index (χ0) is 8.02. The molecule has 2 aliphatic heterocycles. The van der Waals surface area contributed by atoms with Gasteiger partial charge in [0.05, 0.1) is 5.54 Å².